The molecule has 0 aromatic carbocycles. The fourth-order valence-corrected chi connectivity index (χ4v) is 1.93. The Morgan fingerprint density at radius 2 is 1.86 bits per heavy atom. The van der Waals surface area contributed by atoms with E-state index in [0.717, 1.165) is 0 Å². The first kappa shape index (κ1) is 5.20. The molecule has 7 heavy (non-hydrogen) atoms. The van der Waals surface area contributed by atoms with E-state index in [2.05, 4.69) is 0 Å². The molecule has 1 nitrogen and oxygen atoms in total. The first-order valence-electron chi connectivity index (χ1n) is 1.90. The summed E-state index contributed by atoms with van der Waals surface area (Å²) < 4.78 is 10.0. The number of rotatable bonds is 0. The maximum atomic E-state index is 10.0. The molecule has 0 unspecified atom stereocenters. The van der Waals surface area contributed by atoms with E-state index in [1.54, 1.807) is 0 Å². The van der Waals surface area contributed by atoms with Gasteiger partial charge in [0.05, 0.1) is 0 Å². The molecule has 1 aliphatic heterocycles. The van der Waals surface area contributed by atoms with Gasteiger partial charge in [-0.15, -0.1) is 0 Å². The van der Waals surface area contributed by atoms with Gasteiger partial charge in [0, 0.05) is 0 Å². The van der Waals surface area contributed by atoms with Gasteiger partial charge < -0.3 is 0 Å². The summed E-state index contributed by atoms with van der Waals surface area (Å²) in [5.41, 5.74) is 0. The van der Waals surface area contributed by atoms with Gasteiger partial charge in [-0.05, 0) is 0 Å². The standard InChI is InChI=1S/C4H5OPS/c5-6-7-3-1-2-4-7/h1-4,7H. The number of hydrogen-bond donors (Lipinski definition) is 1. The molecule has 0 saturated heterocycles. The Bertz CT molecular complexity index is 215. The monoisotopic (exact) mass is 132 g/mol. The van der Waals surface area contributed by atoms with Crippen LogP contribution < -0.4 is 0 Å². The van der Waals surface area contributed by atoms with Gasteiger partial charge in [-0.2, -0.15) is 0 Å². The Morgan fingerprint density at radius 3 is 2.14 bits per heavy atom. The molecule has 1 heterocycles. The fraction of sp³-hybridized carbons (Fsp3) is 0. The van der Waals surface area contributed by atoms with E-state index in [9.17, 15) is 4.57 Å². The maximum absolute atomic E-state index is 10.0. The van der Waals surface area contributed by atoms with Crippen molar-refractivity contribution in [2.45, 2.75) is 0 Å². The second-order valence-electron chi connectivity index (χ2n) is 1.14. The third-order valence-electron chi connectivity index (χ3n) is 0.683. The zero-order chi connectivity index (χ0) is 5.11. The Morgan fingerprint density at radius 1 is 1.29 bits per heavy atom. The van der Waals surface area contributed by atoms with E-state index in [-0.39, 0.29) is 16.9 Å². The molecule has 0 spiro atoms. The van der Waals surface area contributed by atoms with Crippen LogP contribution in [-0.4, -0.2) is 0 Å². The van der Waals surface area contributed by atoms with Gasteiger partial charge in [0.15, 0.2) is 0 Å². The summed E-state index contributed by atoms with van der Waals surface area (Å²) in [7, 11) is -0.124. The molecule has 0 atom stereocenters. The summed E-state index contributed by atoms with van der Waals surface area (Å²) in [5.74, 6) is 0. The third kappa shape index (κ3) is 1.22. The van der Waals surface area contributed by atoms with Crippen molar-refractivity contribution in [2.75, 3.05) is 0 Å². The predicted octanol–water partition coefficient (Wildman–Crippen LogP) is 2.24. The molecule has 0 aliphatic carbocycles. The van der Waals surface area contributed by atoms with E-state index in [4.69, 9.17) is 0 Å². The predicted molar refractivity (Wildman–Crippen MR) is 34.9 cm³/mol. The summed E-state index contributed by atoms with van der Waals surface area (Å²) in [6, 6.07) is 0. The van der Waals surface area contributed by atoms with Gasteiger partial charge in [0.2, 0.25) is 0 Å². The van der Waals surface area contributed by atoms with Crippen molar-refractivity contribution in [3.63, 3.8) is 0 Å². The van der Waals surface area contributed by atoms with E-state index in [1.165, 1.54) is 0 Å². The Kier molecular flexibility index (Phi) is 1.77. The Hall–Kier alpha value is 0.0600. The molecule has 1 rings (SSSR count). The molecule has 1 aliphatic rings. The molecular formula is C4H5OPS. The second kappa shape index (κ2) is 2.39. The summed E-state index contributed by atoms with van der Waals surface area (Å²) in [5, 5.41) is 3.92. The average Bonchev–Trinajstić information content (AvgIpc) is 2.14. The van der Waals surface area contributed by atoms with E-state index in [0.29, 0.717) is 0 Å². The van der Waals surface area contributed by atoms with Crippen LogP contribution in [0.25, 0.3) is 0 Å². The normalized spacial score (nSPS) is 18.3. The van der Waals surface area contributed by atoms with Gasteiger partial charge in [-0.3, -0.25) is 0 Å². The molecule has 38 valence electrons. The fourth-order valence-electron chi connectivity index (χ4n) is 0.380. The van der Waals surface area contributed by atoms with Crippen LogP contribution in [0.15, 0.2) is 23.0 Å². The molecule has 0 bridgehead atoms. The molecule has 0 aromatic rings. The van der Waals surface area contributed by atoms with Crippen LogP contribution in [0.2, 0.25) is 0 Å². The van der Waals surface area contributed by atoms with E-state index >= 15 is 0 Å². The van der Waals surface area contributed by atoms with Gasteiger partial charge in [0.1, 0.15) is 0 Å². The van der Waals surface area contributed by atoms with Crippen molar-refractivity contribution in [3.8, 4) is 0 Å². The van der Waals surface area contributed by atoms with E-state index in [1.807, 2.05) is 23.0 Å². The van der Waals surface area contributed by atoms with Crippen LogP contribution in [-0.2, 0) is 4.57 Å². The van der Waals surface area contributed by atoms with Gasteiger partial charge in [0.25, 0.3) is 0 Å². The first-order valence-corrected chi connectivity index (χ1v) is 4.90. The number of thiol groups is 1. The minimum absolute atomic E-state index is 0.263. The summed E-state index contributed by atoms with van der Waals surface area (Å²) >= 11 is 0. The van der Waals surface area contributed by atoms with Crippen molar-refractivity contribution in [2.24, 2.45) is 0 Å². The number of hydrogen-bond acceptors (Lipinski definition) is 1. The molecular weight excluding hydrogens is 127 g/mol. The zero-order valence-corrected chi connectivity index (χ0v) is 5.40. The molecule has 0 aromatic heterocycles. The minimum atomic E-state index is -0.387. The van der Waals surface area contributed by atoms with Crippen molar-refractivity contribution < 1.29 is 4.57 Å². The van der Waals surface area contributed by atoms with Crippen LogP contribution in [0.1, 0.15) is 0 Å². The second-order valence-corrected chi connectivity index (χ2v) is 4.54. The van der Waals surface area contributed by atoms with Crippen molar-refractivity contribution in [1.29, 1.82) is 0 Å². The van der Waals surface area contributed by atoms with Crippen molar-refractivity contribution in [1.82, 2.24) is 0 Å². The van der Waals surface area contributed by atoms with Crippen LogP contribution in [0, 0.1) is 0 Å². The molecule has 0 N–H and O–H groups in total. The topological polar surface area (TPSA) is 17.1 Å². The van der Waals surface area contributed by atoms with Crippen LogP contribution in [0.3, 0.4) is 0 Å². The molecule has 0 fully saturated rings. The van der Waals surface area contributed by atoms with E-state index < -0.39 is 0 Å². The van der Waals surface area contributed by atoms with Gasteiger partial charge in [-0.1, -0.05) is 0 Å². The number of allylic oxidation sites excluding steroid dienone is 2. The Balaban J connectivity index is 3.17. The van der Waals surface area contributed by atoms with Crippen LogP contribution >= 0.6 is 16.9 Å². The van der Waals surface area contributed by atoms with Crippen LogP contribution in [0.5, 0.6) is 0 Å². The molecule has 3 heteroatoms. The first-order chi connectivity index (χ1) is 3.43. The third-order valence-corrected chi connectivity index (χ3v) is 3.19. The average molecular weight is 132 g/mol. The summed E-state index contributed by atoms with van der Waals surface area (Å²) in [4.78, 5) is 0. The molecule has 0 radical (unpaired) electrons. The quantitative estimate of drug-likeness (QED) is 0.395. The van der Waals surface area contributed by atoms with Gasteiger partial charge in [-0.25, -0.2) is 0 Å². The van der Waals surface area contributed by atoms with Gasteiger partial charge >= 0.3 is 44.4 Å². The Labute approximate surface area is 45.1 Å². The molecule has 0 amide bonds. The molecule has 0 saturated carbocycles. The summed E-state index contributed by atoms with van der Waals surface area (Å²) in [6.07, 6.45) is 3.85. The van der Waals surface area contributed by atoms with Crippen molar-refractivity contribution in [3.05, 3.63) is 23.0 Å². The SMILES string of the molecule is O=P#[SH]1C=CC=C1. The van der Waals surface area contributed by atoms with Crippen molar-refractivity contribution >= 4 is 16.9 Å². The zero-order valence-electron chi connectivity index (χ0n) is 3.61. The van der Waals surface area contributed by atoms with Crippen LogP contribution in [0.4, 0.5) is 0 Å². The summed E-state index contributed by atoms with van der Waals surface area (Å²) in [6.45, 7) is 0.